The first-order valence-electron chi connectivity index (χ1n) is 14.1. The second kappa shape index (κ2) is 16.0. The summed E-state index contributed by atoms with van der Waals surface area (Å²) in [7, 11) is -3.58. The average Bonchev–Trinajstić information content (AvgIpc) is 2.94. The molecule has 226 valence electrons. The van der Waals surface area contributed by atoms with Crippen LogP contribution in [0.1, 0.15) is 49.3 Å². The Bertz CT molecular complexity index is 1450. The van der Waals surface area contributed by atoms with E-state index < -0.39 is 16.1 Å². The Balaban J connectivity index is 1.90. The molecule has 0 saturated carbocycles. The van der Waals surface area contributed by atoms with Crippen LogP contribution in [0.15, 0.2) is 72.8 Å². The van der Waals surface area contributed by atoms with Gasteiger partial charge in [0.2, 0.25) is 21.8 Å². The molecule has 0 unspecified atom stereocenters. The summed E-state index contributed by atoms with van der Waals surface area (Å²) in [5.74, 6) is -0.520. The molecule has 1 N–H and O–H groups in total. The molecule has 0 aliphatic heterocycles. The highest BCUT2D eigenvalue weighted by molar-refractivity contribution is 7.92. The Morgan fingerprint density at radius 1 is 0.952 bits per heavy atom. The summed E-state index contributed by atoms with van der Waals surface area (Å²) in [4.78, 5) is 29.1. The van der Waals surface area contributed by atoms with Crippen molar-refractivity contribution in [3.8, 4) is 0 Å². The summed E-state index contributed by atoms with van der Waals surface area (Å²) >= 11 is 12.6. The Hall–Kier alpha value is -3.07. The van der Waals surface area contributed by atoms with Crippen LogP contribution in [0.4, 0.5) is 5.69 Å². The Kier molecular flexibility index (Phi) is 12.7. The van der Waals surface area contributed by atoms with Crippen molar-refractivity contribution in [2.75, 3.05) is 23.7 Å². The fraction of sp³-hybridized carbons (Fsp3) is 0.375. The number of halogens is 2. The van der Waals surface area contributed by atoms with Crippen LogP contribution < -0.4 is 9.62 Å². The molecule has 0 saturated heterocycles. The Morgan fingerprint density at radius 3 is 2.33 bits per heavy atom. The molecule has 0 radical (unpaired) electrons. The van der Waals surface area contributed by atoms with E-state index in [9.17, 15) is 18.0 Å². The van der Waals surface area contributed by atoms with Crippen LogP contribution in [0.3, 0.4) is 0 Å². The van der Waals surface area contributed by atoms with Crippen LogP contribution in [0.2, 0.25) is 10.0 Å². The number of amides is 2. The zero-order valence-corrected chi connectivity index (χ0v) is 26.7. The summed E-state index contributed by atoms with van der Waals surface area (Å²) in [6.07, 6.45) is 3.51. The van der Waals surface area contributed by atoms with Crippen molar-refractivity contribution in [3.63, 3.8) is 0 Å². The number of rotatable bonds is 15. The van der Waals surface area contributed by atoms with Gasteiger partial charge in [0.05, 0.1) is 11.9 Å². The number of carbonyl (C=O) groups is 2. The summed E-state index contributed by atoms with van der Waals surface area (Å²) in [5.41, 5.74) is 3.05. The number of unbranched alkanes of at least 4 members (excludes halogenated alkanes) is 1. The van der Waals surface area contributed by atoms with Crippen molar-refractivity contribution in [3.05, 3.63) is 99.5 Å². The summed E-state index contributed by atoms with van der Waals surface area (Å²) in [6, 6.07) is 21.0. The SMILES string of the molecule is CCCCNC(=O)[C@H](Cc1ccccc1)N(Cc1ccc(Cl)cc1Cl)C(=O)CCCN(c1cccc(C)c1)S(C)(=O)=O. The molecule has 0 aromatic heterocycles. The van der Waals surface area contributed by atoms with E-state index >= 15 is 0 Å². The molecule has 42 heavy (non-hydrogen) atoms. The van der Waals surface area contributed by atoms with Crippen LogP contribution in [0.5, 0.6) is 0 Å². The van der Waals surface area contributed by atoms with E-state index in [-0.39, 0.29) is 37.7 Å². The summed E-state index contributed by atoms with van der Waals surface area (Å²) < 4.78 is 26.6. The molecule has 1 atom stereocenters. The van der Waals surface area contributed by atoms with E-state index in [0.717, 1.165) is 30.2 Å². The minimum Gasteiger partial charge on any atom is -0.354 e. The molecule has 7 nitrogen and oxygen atoms in total. The van der Waals surface area contributed by atoms with Crippen molar-refractivity contribution in [2.45, 2.75) is 58.5 Å². The second-order valence-electron chi connectivity index (χ2n) is 10.4. The van der Waals surface area contributed by atoms with Gasteiger partial charge < -0.3 is 10.2 Å². The van der Waals surface area contributed by atoms with Gasteiger partial charge in [0.1, 0.15) is 6.04 Å². The minimum atomic E-state index is -3.58. The summed E-state index contributed by atoms with van der Waals surface area (Å²) in [6.45, 7) is 4.66. The molecule has 3 aromatic carbocycles. The fourth-order valence-electron chi connectivity index (χ4n) is 4.68. The molecule has 0 aliphatic rings. The van der Waals surface area contributed by atoms with Gasteiger partial charge in [-0.25, -0.2) is 8.42 Å². The zero-order valence-electron chi connectivity index (χ0n) is 24.4. The van der Waals surface area contributed by atoms with Crippen LogP contribution in [0.25, 0.3) is 0 Å². The van der Waals surface area contributed by atoms with Gasteiger partial charge in [-0.3, -0.25) is 13.9 Å². The molecule has 0 bridgehead atoms. The maximum absolute atomic E-state index is 13.9. The quantitative estimate of drug-likeness (QED) is 0.197. The number of sulfonamides is 1. The molecule has 0 fully saturated rings. The normalized spacial score (nSPS) is 12.0. The molecule has 10 heteroatoms. The van der Waals surface area contributed by atoms with Crippen molar-refractivity contribution in [1.82, 2.24) is 10.2 Å². The third-order valence-electron chi connectivity index (χ3n) is 6.90. The van der Waals surface area contributed by atoms with Crippen LogP contribution in [-0.2, 0) is 32.6 Å². The third-order valence-corrected chi connectivity index (χ3v) is 8.68. The number of carbonyl (C=O) groups excluding carboxylic acids is 2. The van der Waals surface area contributed by atoms with E-state index in [2.05, 4.69) is 5.32 Å². The van der Waals surface area contributed by atoms with Gasteiger partial charge in [-0.2, -0.15) is 0 Å². The zero-order chi connectivity index (χ0) is 30.7. The minimum absolute atomic E-state index is 0.0383. The fourth-order valence-corrected chi connectivity index (χ4v) is 6.11. The van der Waals surface area contributed by atoms with Crippen molar-refractivity contribution >= 4 is 50.7 Å². The van der Waals surface area contributed by atoms with Gasteiger partial charge in [0.15, 0.2) is 0 Å². The standard InChI is InChI=1S/C32H39Cl2N3O4S/c1-4-5-18-35-32(39)30(21-25-12-7-6-8-13-25)36(23-26-16-17-27(33)22-29(26)34)31(38)15-10-19-37(42(3,40)41)28-14-9-11-24(2)20-28/h6-9,11-14,16-17,20,22,30H,4-5,10,15,18-19,21,23H2,1-3H3,(H,35,39)/t30-/m0/s1. The number of hydrogen-bond acceptors (Lipinski definition) is 4. The van der Waals surface area contributed by atoms with Crippen molar-refractivity contribution < 1.29 is 18.0 Å². The monoisotopic (exact) mass is 631 g/mol. The topological polar surface area (TPSA) is 86.8 Å². The average molecular weight is 633 g/mol. The Morgan fingerprint density at radius 2 is 1.69 bits per heavy atom. The van der Waals surface area contributed by atoms with E-state index in [0.29, 0.717) is 34.3 Å². The highest BCUT2D eigenvalue weighted by Gasteiger charge is 2.31. The molecular formula is C32H39Cl2N3O4S. The van der Waals surface area contributed by atoms with Crippen molar-refractivity contribution in [2.24, 2.45) is 0 Å². The maximum Gasteiger partial charge on any atom is 0.243 e. The number of nitrogens with one attached hydrogen (secondary N) is 1. The van der Waals surface area contributed by atoms with Gasteiger partial charge in [0, 0.05) is 42.5 Å². The lowest BCUT2D eigenvalue weighted by atomic mass is 10.0. The maximum atomic E-state index is 13.9. The first-order valence-corrected chi connectivity index (χ1v) is 16.7. The molecule has 0 spiro atoms. The van der Waals surface area contributed by atoms with E-state index in [1.54, 1.807) is 41.3 Å². The van der Waals surface area contributed by atoms with Gasteiger partial charge >= 0.3 is 0 Å². The number of anilines is 1. The largest absolute Gasteiger partial charge is 0.354 e. The predicted molar refractivity (Wildman–Crippen MR) is 171 cm³/mol. The highest BCUT2D eigenvalue weighted by Crippen LogP contribution is 2.25. The van der Waals surface area contributed by atoms with Crippen molar-refractivity contribution in [1.29, 1.82) is 0 Å². The van der Waals surface area contributed by atoms with Crippen LogP contribution in [0, 0.1) is 6.92 Å². The predicted octanol–water partition coefficient (Wildman–Crippen LogP) is 6.40. The van der Waals surface area contributed by atoms with Crippen LogP contribution in [-0.4, -0.2) is 50.5 Å². The van der Waals surface area contributed by atoms with Gasteiger partial charge in [0.25, 0.3) is 0 Å². The number of aryl methyl sites for hydroxylation is 1. The second-order valence-corrected chi connectivity index (χ2v) is 13.1. The molecule has 3 aromatic rings. The lowest BCUT2D eigenvalue weighted by molar-refractivity contribution is -0.141. The van der Waals surface area contributed by atoms with Gasteiger partial charge in [-0.15, -0.1) is 0 Å². The molecule has 0 aliphatic carbocycles. The first-order chi connectivity index (χ1) is 20.0. The number of benzene rings is 3. The molecule has 2 amide bonds. The molecule has 0 heterocycles. The first kappa shape index (κ1) is 33.4. The van der Waals surface area contributed by atoms with Gasteiger partial charge in [-0.1, -0.05) is 85.1 Å². The summed E-state index contributed by atoms with van der Waals surface area (Å²) in [5, 5.41) is 3.86. The molecule has 3 rings (SSSR count). The Labute approximate surface area is 259 Å². The number of hydrogen-bond donors (Lipinski definition) is 1. The van der Waals surface area contributed by atoms with E-state index in [1.165, 1.54) is 4.31 Å². The highest BCUT2D eigenvalue weighted by atomic mass is 35.5. The lowest BCUT2D eigenvalue weighted by Gasteiger charge is -2.32. The third kappa shape index (κ3) is 10.0. The van der Waals surface area contributed by atoms with Gasteiger partial charge in [-0.05, 0) is 60.7 Å². The molecular weight excluding hydrogens is 593 g/mol. The lowest BCUT2D eigenvalue weighted by Crippen LogP contribution is -2.50. The van der Waals surface area contributed by atoms with E-state index in [1.807, 2.05) is 50.2 Å². The smallest absolute Gasteiger partial charge is 0.243 e. The van der Waals surface area contributed by atoms with E-state index in [4.69, 9.17) is 23.2 Å². The number of nitrogens with zero attached hydrogens (tertiary/aromatic N) is 2. The van der Waals surface area contributed by atoms with Crippen LogP contribution >= 0.6 is 23.2 Å².